The zero-order valence-electron chi connectivity index (χ0n) is 9.60. The Morgan fingerprint density at radius 1 is 1.31 bits per heavy atom. The number of hydrogen-bond acceptors (Lipinski definition) is 2. The van der Waals surface area contributed by atoms with Gasteiger partial charge in [0.15, 0.2) is 0 Å². The minimum Gasteiger partial charge on any atom is -0.393 e. The molecule has 16 heavy (non-hydrogen) atoms. The average Bonchev–Trinajstić information content (AvgIpc) is 2.45. The number of rotatable bonds is 0. The molecular formula is C14H18O2. The number of aryl methyl sites for hydroxylation is 1. The molecule has 0 radical (unpaired) electrons. The number of ether oxygens (including phenoxy) is 1. The Morgan fingerprint density at radius 2 is 2.12 bits per heavy atom. The first-order chi connectivity index (χ1) is 7.75. The highest BCUT2D eigenvalue weighted by atomic mass is 16.5. The maximum absolute atomic E-state index is 10.1. The highest BCUT2D eigenvalue weighted by molar-refractivity contribution is 5.31. The van der Waals surface area contributed by atoms with Crippen LogP contribution < -0.4 is 0 Å². The van der Waals surface area contributed by atoms with Gasteiger partial charge in [-0.1, -0.05) is 31.2 Å². The first kappa shape index (κ1) is 10.3. The largest absolute Gasteiger partial charge is 0.393 e. The van der Waals surface area contributed by atoms with Gasteiger partial charge in [-0.2, -0.15) is 0 Å². The zero-order valence-corrected chi connectivity index (χ0v) is 9.60. The molecule has 1 aromatic carbocycles. The maximum atomic E-state index is 10.1. The minimum atomic E-state index is -0.213. The van der Waals surface area contributed by atoms with Gasteiger partial charge in [0.25, 0.3) is 0 Å². The van der Waals surface area contributed by atoms with E-state index >= 15 is 0 Å². The lowest BCUT2D eigenvalue weighted by molar-refractivity contribution is -0.131. The Bertz CT molecular complexity index is 388. The lowest BCUT2D eigenvalue weighted by Gasteiger charge is -2.37. The number of hydrogen-bond donors (Lipinski definition) is 1. The molecule has 1 aromatic rings. The van der Waals surface area contributed by atoms with Gasteiger partial charge in [-0.25, -0.2) is 0 Å². The summed E-state index contributed by atoms with van der Waals surface area (Å²) < 4.78 is 6.10. The van der Waals surface area contributed by atoms with E-state index in [0.717, 1.165) is 19.3 Å². The van der Waals surface area contributed by atoms with Gasteiger partial charge >= 0.3 is 0 Å². The second kappa shape index (κ2) is 3.86. The predicted molar refractivity (Wildman–Crippen MR) is 62.2 cm³/mol. The monoisotopic (exact) mass is 218 g/mol. The summed E-state index contributed by atoms with van der Waals surface area (Å²) in [6.07, 6.45) is 3.03. The summed E-state index contributed by atoms with van der Waals surface area (Å²) in [6, 6.07) is 8.50. The molecule has 2 nitrogen and oxygen atoms in total. The van der Waals surface area contributed by atoms with Crippen molar-refractivity contribution in [1.29, 1.82) is 0 Å². The van der Waals surface area contributed by atoms with Crippen molar-refractivity contribution in [2.24, 2.45) is 5.92 Å². The van der Waals surface area contributed by atoms with Crippen LogP contribution in [0.25, 0.3) is 0 Å². The van der Waals surface area contributed by atoms with Crippen molar-refractivity contribution in [1.82, 2.24) is 0 Å². The third-order valence-electron chi connectivity index (χ3n) is 4.03. The standard InChI is InChI=1S/C14H18O2/c1-9-13(15)8-11-7-6-10-4-2-3-5-12(10)14(9)16-11/h2-5,9,11,13-15H,6-8H2,1H3/t9-,11-,13+,14-/m0/s1. The van der Waals surface area contributed by atoms with Crippen LogP contribution in [0, 0.1) is 5.92 Å². The van der Waals surface area contributed by atoms with Crippen molar-refractivity contribution in [3.05, 3.63) is 35.4 Å². The maximum Gasteiger partial charge on any atom is 0.0881 e. The van der Waals surface area contributed by atoms with Crippen molar-refractivity contribution in [2.45, 2.75) is 44.5 Å². The van der Waals surface area contributed by atoms with E-state index in [2.05, 4.69) is 31.2 Å². The molecule has 2 bridgehead atoms. The number of benzene rings is 1. The van der Waals surface area contributed by atoms with Crippen molar-refractivity contribution in [3.8, 4) is 0 Å². The van der Waals surface area contributed by atoms with Gasteiger partial charge in [0.1, 0.15) is 0 Å². The SMILES string of the molecule is C[C@H]1[C@H](O)C[C@@H]2CCc3ccccc3[C@H]1O2. The lowest BCUT2D eigenvalue weighted by Crippen LogP contribution is -2.37. The average molecular weight is 218 g/mol. The molecule has 1 fully saturated rings. The topological polar surface area (TPSA) is 29.5 Å². The molecule has 1 saturated heterocycles. The van der Waals surface area contributed by atoms with Crippen LogP contribution in [0.4, 0.5) is 0 Å². The summed E-state index contributed by atoms with van der Waals surface area (Å²) in [5.41, 5.74) is 2.69. The van der Waals surface area contributed by atoms with Crippen LogP contribution >= 0.6 is 0 Å². The number of fused-ring (bicyclic) bond motifs is 4. The van der Waals surface area contributed by atoms with Gasteiger partial charge in [0.2, 0.25) is 0 Å². The summed E-state index contributed by atoms with van der Waals surface area (Å²) in [4.78, 5) is 0. The molecule has 0 amide bonds. The Kier molecular flexibility index (Phi) is 2.49. The van der Waals surface area contributed by atoms with E-state index in [1.54, 1.807) is 0 Å². The summed E-state index contributed by atoms with van der Waals surface area (Å²) in [7, 11) is 0. The van der Waals surface area contributed by atoms with E-state index in [1.165, 1.54) is 11.1 Å². The molecule has 2 heteroatoms. The van der Waals surface area contributed by atoms with Crippen molar-refractivity contribution in [2.75, 3.05) is 0 Å². The molecule has 86 valence electrons. The fraction of sp³-hybridized carbons (Fsp3) is 0.571. The highest BCUT2D eigenvalue weighted by Crippen LogP contribution is 2.41. The van der Waals surface area contributed by atoms with Crippen molar-refractivity contribution >= 4 is 0 Å². The highest BCUT2D eigenvalue weighted by Gasteiger charge is 2.38. The van der Waals surface area contributed by atoms with Gasteiger partial charge in [0, 0.05) is 5.92 Å². The van der Waals surface area contributed by atoms with Crippen molar-refractivity contribution in [3.63, 3.8) is 0 Å². The van der Waals surface area contributed by atoms with E-state index in [-0.39, 0.29) is 24.2 Å². The molecule has 3 rings (SSSR count). The number of aliphatic hydroxyl groups excluding tert-OH is 1. The first-order valence-corrected chi connectivity index (χ1v) is 6.17. The normalized spacial score (nSPS) is 37.6. The van der Waals surface area contributed by atoms with Crippen LogP contribution in [0.2, 0.25) is 0 Å². The zero-order chi connectivity index (χ0) is 11.1. The molecule has 0 aliphatic carbocycles. The summed E-state index contributed by atoms with van der Waals surface area (Å²) in [5, 5.41) is 10.1. The molecule has 0 unspecified atom stereocenters. The fourth-order valence-corrected chi connectivity index (χ4v) is 2.97. The molecule has 1 N–H and O–H groups in total. The van der Waals surface area contributed by atoms with Crippen LogP contribution in [0.5, 0.6) is 0 Å². The fourth-order valence-electron chi connectivity index (χ4n) is 2.97. The van der Waals surface area contributed by atoms with Crippen LogP contribution in [0.3, 0.4) is 0 Å². The van der Waals surface area contributed by atoms with Gasteiger partial charge < -0.3 is 9.84 Å². The van der Waals surface area contributed by atoms with E-state index in [1.807, 2.05) is 0 Å². The summed E-state index contributed by atoms with van der Waals surface area (Å²) in [6.45, 7) is 2.09. The van der Waals surface area contributed by atoms with Gasteiger partial charge in [-0.3, -0.25) is 0 Å². The predicted octanol–water partition coefficient (Wildman–Crippen LogP) is 2.46. The lowest BCUT2D eigenvalue weighted by atomic mass is 9.87. The smallest absolute Gasteiger partial charge is 0.0881 e. The van der Waals surface area contributed by atoms with Gasteiger partial charge in [0.05, 0.1) is 18.3 Å². The van der Waals surface area contributed by atoms with Gasteiger partial charge in [-0.15, -0.1) is 0 Å². The molecule has 0 saturated carbocycles. The van der Waals surface area contributed by atoms with E-state index in [0.29, 0.717) is 0 Å². The van der Waals surface area contributed by atoms with E-state index < -0.39 is 0 Å². The van der Waals surface area contributed by atoms with E-state index in [9.17, 15) is 5.11 Å². The second-order valence-electron chi connectivity index (χ2n) is 5.08. The molecular weight excluding hydrogens is 200 g/mol. The quantitative estimate of drug-likeness (QED) is 0.725. The molecule has 0 spiro atoms. The Labute approximate surface area is 96.2 Å². The Morgan fingerprint density at radius 3 is 3.00 bits per heavy atom. The van der Waals surface area contributed by atoms with E-state index in [4.69, 9.17) is 4.74 Å². The molecule has 4 atom stereocenters. The minimum absolute atomic E-state index is 0.0902. The van der Waals surface area contributed by atoms with Crippen LogP contribution in [0.15, 0.2) is 24.3 Å². The molecule has 2 aliphatic heterocycles. The first-order valence-electron chi connectivity index (χ1n) is 6.17. The Balaban J connectivity index is 2.03. The number of aliphatic hydroxyl groups is 1. The summed E-state index contributed by atoms with van der Waals surface area (Å²) in [5.74, 6) is 0.204. The third kappa shape index (κ3) is 1.57. The van der Waals surface area contributed by atoms with Crippen LogP contribution in [-0.2, 0) is 11.2 Å². The summed E-state index contributed by atoms with van der Waals surface area (Å²) >= 11 is 0. The van der Waals surface area contributed by atoms with Crippen molar-refractivity contribution < 1.29 is 9.84 Å². The molecule has 2 heterocycles. The third-order valence-corrected chi connectivity index (χ3v) is 4.03. The molecule has 2 aliphatic rings. The van der Waals surface area contributed by atoms with Gasteiger partial charge in [-0.05, 0) is 30.4 Å². The molecule has 0 aromatic heterocycles. The Hall–Kier alpha value is -0.860. The van der Waals surface area contributed by atoms with Crippen LogP contribution in [0.1, 0.15) is 37.0 Å². The second-order valence-corrected chi connectivity index (χ2v) is 5.08. The van der Waals surface area contributed by atoms with Crippen LogP contribution in [-0.4, -0.2) is 17.3 Å².